The number of hydrogen-bond acceptors (Lipinski definition) is 5. The maximum Gasteiger partial charge on any atom is 0.281 e. The summed E-state index contributed by atoms with van der Waals surface area (Å²) in [5, 5.41) is 7.67. The summed E-state index contributed by atoms with van der Waals surface area (Å²) in [6.45, 7) is 6.73. The molecule has 1 N–H and O–H groups in total. The number of benzene rings is 3. The molecule has 0 atom stereocenters. The third-order valence-corrected chi connectivity index (χ3v) is 5.51. The van der Waals surface area contributed by atoms with Crippen molar-refractivity contribution in [1.29, 1.82) is 0 Å². The van der Waals surface area contributed by atoms with E-state index in [1.54, 1.807) is 31.4 Å². The third kappa shape index (κ3) is 5.14. The molecule has 174 valence electrons. The largest absolute Gasteiger partial charge is 0.497 e. The summed E-state index contributed by atoms with van der Waals surface area (Å²) in [5.41, 5.74) is 3.22. The second kappa shape index (κ2) is 9.47. The lowest BCUT2D eigenvalue weighted by Gasteiger charge is -2.19. The zero-order chi connectivity index (χ0) is 24.3. The molecule has 4 rings (SSSR count). The summed E-state index contributed by atoms with van der Waals surface area (Å²) < 4.78 is 19.7. The highest BCUT2D eigenvalue weighted by Gasteiger charge is 2.20. The first-order valence-corrected chi connectivity index (χ1v) is 11.0. The molecule has 0 spiro atoms. The van der Waals surface area contributed by atoms with E-state index in [4.69, 9.17) is 4.74 Å². The highest BCUT2D eigenvalue weighted by Crippen LogP contribution is 2.24. The van der Waals surface area contributed by atoms with Crippen molar-refractivity contribution in [3.8, 4) is 17.1 Å². The van der Waals surface area contributed by atoms with Gasteiger partial charge in [0.25, 0.3) is 5.91 Å². The molecule has 7 heteroatoms. The molecule has 34 heavy (non-hydrogen) atoms. The van der Waals surface area contributed by atoms with Gasteiger partial charge in [0.1, 0.15) is 11.6 Å². The van der Waals surface area contributed by atoms with Gasteiger partial charge in [0, 0.05) is 17.7 Å². The van der Waals surface area contributed by atoms with Gasteiger partial charge in [0.05, 0.1) is 7.11 Å². The summed E-state index contributed by atoms with van der Waals surface area (Å²) in [6.07, 6.45) is 0. The minimum Gasteiger partial charge on any atom is -0.497 e. The molecule has 0 aliphatic rings. The minimum absolute atomic E-state index is 0.0156. The SMILES string of the molecule is COc1ccc(-c2nc(NCc3ccc(F)cc3)n(C(=O)c3ccc(C(C)(C)C)cc3)n2)cc1. The molecule has 6 nitrogen and oxygen atoms in total. The Morgan fingerprint density at radius 2 is 1.62 bits per heavy atom. The van der Waals surface area contributed by atoms with Crippen molar-refractivity contribution >= 4 is 11.9 Å². The number of aromatic nitrogens is 3. The fourth-order valence-corrected chi connectivity index (χ4v) is 3.45. The van der Waals surface area contributed by atoms with Crippen LogP contribution in [0.3, 0.4) is 0 Å². The number of nitrogens with one attached hydrogen (secondary N) is 1. The average Bonchev–Trinajstić information content (AvgIpc) is 3.27. The molecule has 0 bridgehead atoms. The standard InChI is InChI=1S/C27H27FN4O2/c1-27(2,3)21-11-7-20(8-12-21)25(33)32-26(29-17-18-5-13-22(28)14-6-18)30-24(31-32)19-9-15-23(34-4)16-10-19/h5-16H,17H2,1-4H3,(H,29,30,31). The van der Waals surface area contributed by atoms with Gasteiger partial charge in [0.2, 0.25) is 5.95 Å². The maximum atomic E-state index is 13.4. The van der Waals surface area contributed by atoms with Gasteiger partial charge in [-0.25, -0.2) is 4.39 Å². The van der Waals surface area contributed by atoms with E-state index in [-0.39, 0.29) is 17.1 Å². The minimum atomic E-state index is -0.303. The molecule has 0 aliphatic heterocycles. The van der Waals surface area contributed by atoms with Crippen molar-refractivity contribution in [3.05, 3.63) is 95.3 Å². The summed E-state index contributed by atoms with van der Waals surface area (Å²) in [7, 11) is 1.60. The van der Waals surface area contributed by atoms with E-state index in [0.717, 1.165) is 16.7 Å². The van der Waals surface area contributed by atoms with Gasteiger partial charge in [-0.15, -0.1) is 5.10 Å². The number of methoxy groups -OCH3 is 1. The van der Waals surface area contributed by atoms with Crippen LogP contribution < -0.4 is 10.1 Å². The number of halogens is 1. The summed E-state index contributed by atoms with van der Waals surface area (Å²) in [5.74, 6) is 0.828. The average molecular weight is 459 g/mol. The molecular weight excluding hydrogens is 431 g/mol. The lowest BCUT2D eigenvalue weighted by atomic mass is 9.87. The summed E-state index contributed by atoms with van der Waals surface area (Å²) in [4.78, 5) is 18.0. The van der Waals surface area contributed by atoms with E-state index < -0.39 is 0 Å². The van der Waals surface area contributed by atoms with Crippen LogP contribution >= 0.6 is 0 Å². The molecule has 0 amide bonds. The molecule has 0 saturated heterocycles. The quantitative estimate of drug-likeness (QED) is 0.402. The molecule has 1 heterocycles. The van der Waals surface area contributed by atoms with Crippen molar-refractivity contribution in [2.24, 2.45) is 0 Å². The van der Waals surface area contributed by atoms with Crippen molar-refractivity contribution in [2.75, 3.05) is 12.4 Å². The van der Waals surface area contributed by atoms with Crippen molar-refractivity contribution < 1.29 is 13.9 Å². The van der Waals surface area contributed by atoms with Crippen LogP contribution in [0.1, 0.15) is 42.3 Å². The first-order chi connectivity index (χ1) is 16.2. The van der Waals surface area contributed by atoms with Crippen LogP contribution in [0.5, 0.6) is 5.75 Å². The number of nitrogens with zero attached hydrogens (tertiary/aromatic N) is 3. The van der Waals surface area contributed by atoms with E-state index in [9.17, 15) is 9.18 Å². The zero-order valence-corrected chi connectivity index (χ0v) is 19.7. The number of anilines is 1. The van der Waals surface area contributed by atoms with E-state index >= 15 is 0 Å². The second-order valence-electron chi connectivity index (χ2n) is 9.01. The maximum absolute atomic E-state index is 13.4. The Balaban J connectivity index is 1.67. The Morgan fingerprint density at radius 3 is 2.21 bits per heavy atom. The second-order valence-corrected chi connectivity index (χ2v) is 9.01. The molecule has 1 aromatic heterocycles. The monoisotopic (exact) mass is 458 g/mol. The Bertz CT molecular complexity index is 1270. The van der Waals surface area contributed by atoms with Gasteiger partial charge in [-0.1, -0.05) is 45.0 Å². The van der Waals surface area contributed by atoms with Crippen molar-refractivity contribution in [3.63, 3.8) is 0 Å². The van der Waals surface area contributed by atoms with Crippen molar-refractivity contribution in [1.82, 2.24) is 14.8 Å². The lowest BCUT2D eigenvalue weighted by molar-refractivity contribution is 0.0947. The molecule has 4 aromatic rings. The Kier molecular flexibility index (Phi) is 6.45. The van der Waals surface area contributed by atoms with Gasteiger partial charge in [-0.3, -0.25) is 4.79 Å². The highest BCUT2D eigenvalue weighted by molar-refractivity contribution is 5.97. The molecule has 0 radical (unpaired) electrons. The lowest BCUT2D eigenvalue weighted by Crippen LogP contribution is -2.18. The zero-order valence-electron chi connectivity index (χ0n) is 19.7. The third-order valence-electron chi connectivity index (χ3n) is 5.51. The first kappa shape index (κ1) is 23.2. The van der Waals surface area contributed by atoms with Crippen molar-refractivity contribution in [2.45, 2.75) is 32.7 Å². The van der Waals surface area contributed by atoms with Crippen LogP contribution in [0.4, 0.5) is 10.3 Å². The van der Waals surface area contributed by atoms with Crippen LogP contribution in [0, 0.1) is 5.82 Å². The van der Waals surface area contributed by atoms with Crippen LogP contribution in [0.2, 0.25) is 0 Å². The fraction of sp³-hybridized carbons (Fsp3) is 0.222. The van der Waals surface area contributed by atoms with E-state index in [1.807, 2.05) is 36.4 Å². The summed E-state index contributed by atoms with van der Waals surface area (Å²) in [6, 6.07) is 21.0. The number of ether oxygens (including phenoxy) is 1. The van der Waals surface area contributed by atoms with E-state index in [0.29, 0.717) is 29.6 Å². The van der Waals surface area contributed by atoms with Gasteiger partial charge in [0.15, 0.2) is 5.82 Å². The van der Waals surface area contributed by atoms with E-state index in [1.165, 1.54) is 16.8 Å². The number of carbonyl (C=O) groups excluding carboxylic acids is 1. The first-order valence-electron chi connectivity index (χ1n) is 11.0. The number of hydrogen-bond donors (Lipinski definition) is 1. The summed E-state index contributed by atoms with van der Waals surface area (Å²) >= 11 is 0. The van der Waals surface area contributed by atoms with Gasteiger partial charge in [-0.05, 0) is 65.1 Å². The van der Waals surface area contributed by atoms with Crippen LogP contribution in [-0.2, 0) is 12.0 Å². The van der Waals surface area contributed by atoms with Gasteiger partial charge >= 0.3 is 0 Å². The van der Waals surface area contributed by atoms with Crippen LogP contribution in [0.25, 0.3) is 11.4 Å². The highest BCUT2D eigenvalue weighted by atomic mass is 19.1. The fourth-order valence-electron chi connectivity index (χ4n) is 3.45. The number of carbonyl (C=O) groups is 1. The predicted octanol–water partition coefficient (Wildman–Crippen LogP) is 5.69. The van der Waals surface area contributed by atoms with Gasteiger partial charge in [-0.2, -0.15) is 9.67 Å². The topological polar surface area (TPSA) is 69.0 Å². The van der Waals surface area contributed by atoms with Gasteiger partial charge < -0.3 is 10.1 Å². The van der Waals surface area contributed by atoms with E-state index in [2.05, 4.69) is 36.2 Å². The Morgan fingerprint density at radius 1 is 0.971 bits per heavy atom. The number of rotatable bonds is 6. The molecule has 0 saturated carbocycles. The molecule has 0 aliphatic carbocycles. The molecule has 0 fully saturated rings. The van der Waals surface area contributed by atoms with Crippen LogP contribution in [0.15, 0.2) is 72.8 Å². The molecular formula is C27H27FN4O2. The normalized spacial score (nSPS) is 11.3. The molecule has 0 unspecified atom stereocenters. The van der Waals surface area contributed by atoms with Crippen LogP contribution in [-0.4, -0.2) is 27.8 Å². The Labute approximate surface area is 198 Å². The predicted molar refractivity (Wildman–Crippen MR) is 131 cm³/mol. The molecule has 3 aromatic carbocycles. The Hall–Kier alpha value is -4.00. The smallest absolute Gasteiger partial charge is 0.281 e.